The third kappa shape index (κ3) is 2.98. The molecule has 1 aliphatic rings. The maximum atomic E-state index is 13.8. The van der Waals surface area contributed by atoms with Crippen LogP contribution in [0, 0.1) is 5.82 Å². The van der Waals surface area contributed by atoms with Crippen LogP contribution in [0.25, 0.3) is 0 Å². The van der Waals surface area contributed by atoms with Crippen LogP contribution >= 0.6 is 0 Å². The SMILES string of the molecule is CO[C@H]1COC[C@@H]1Nc1ncc(C(=O)NO)cc1F. The van der Waals surface area contributed by atoms with E-state index >= 15 is 0 Å². The highest BCUT2D eigenvalue weighted by Gasteiger charge is 2.29. The molecule has 3 N–H and O–H groups in total. The Morgan fingerprint density at radius 1 is 1.63 bits per heavy atom. The molecule has 0 aromatic carbocycles. The highest BCUT2D eigenvalue weighted by atomic mass is 19.1. The number of carbonyl (C=O) groups is 1. The molecular formula is C11H14FN3O4. The molecule has 1 saturated heterocycles. The monoisotopic (exact) mass is 271 g/mol. The minimum absolute atomic E-state index is 0.00652. The number of carbonyl (C=O) groups excluding carboxylic acids is 1. The van der Waals surface area contributed by atoms with E-state index in [1.165, 1.54) is 5.48 Å². The molecule has 1 aliphatic heterocycles. The van der Waals surface area contributed by atoms with Gasteiger partial charge in [-0.2, -0.15) is 0 Å². The highest BCUT2D eigenvalue weighted by molar-refractivity contribution is 5.93. The molecule has 2 atom stereocenters. The Morgan fingerprint density at radius 2 is 2.42 bits per heavy atom. The van der Waals surface area contributed by atoms with Crippen molar-refractivity contribution in [3.63, 3.8) is 0 Å². The lowest BCUT2D eigenvalue weighted by Crippen LogP contribution is -2.34. The van der Waals surface area contributed by atoms with Crippen LogP contribution in [-0.2, 0) is 9.47 Å². The van der Waals surface area contributed by atoms with E-state index in [0.717, 1.165) is 12.3 Å². The third-order valence-electron chi connectivity index (χ3n) is 2.86. The predicted octanol–water partition coefficient (Wildman–Crippen LogP) is 0.165. The first-order valence-electron chi connectivity index (χ1n) is 5.62. The van der Waals surface area contributed by atoms with Crippen molar-refractivity contribution in [1.29, 1.82) is 0 Å². The molecule has 0 aliphatic carbocycles. The van der Waals surface area contributed by atoms with Gasteiger partial charge in [-0.1, -0.05) is 0 Å². The number of anilines is 1. The molecule has 2 rings (SSSR count). The Kier molecular flexibility index (Phi) is 4.25. The van der Waals surface area contributed by atoms with Gasteiger partial charge in [0, 0.05) is 13.3 Å². The number of ether oxygens (including phenoxy) is 2. The number of aromatic nitrogens is 1. The van der Waals surface area contributed by atoms with Gasteiger partial charge in [-0.3, -0.25) is 10.0 Å². The summed E-state index contributed by atoms with van der Waals surface area (Å²) in [6.07, 6.45) is 0.982. The zero-order chi connectivity index (χ0) is 13.8. The van der Waals surface area contributed by atoms with Crippen LogP contribution in [0.5, 0.6) is 0 Å². The van der Waals surface area contributed by atoms with Crippen molar-refractivity contribution in [2.75, 3.05) is 25.6 Å². The molecule has 104 valence electrons. The summed E-state index contributed by atoms with van der Waals surface area (Å²) in [4.78, 5) is 14.9. The Labute approximate surface area is 108 Å². The summed E-state index contributed by atoms with van der Waals surface area (Å²) in [6.45, 7) is 0.819. The number of halogens is 1. The molecule has 7 nitrogen and oxygen atoms in total. The van der Waals surface area contributed by atoms with Crippen LogP contribution in [0.1, 0.15) is 10.4 Å². The van der Waals surface area contributed by atoms with E-state index in [4.69, 9.17) is 14.7 Å². The summed E-state index contributed by atoms with van der Waals surface area (Å²) in [7, 11) is 1.55. The Bertz CT molecular complexity index is 471. The second kappa shape index (κ2) is 5.91. The number of hydroxylamine groups is 1. The first-order valence-corrected chi connectivity index (χ1v) is 5.62. The van der Waals surface area contributed by atoms with E-state index < -0.39 is 11.7 Å². The normalized spacial score (nSPS) is 22.3. The van der Waals surface area contributed by atoms with Crippen LogP contribution in [0.3, 0.4) is 0 Å². The summed E-state index contributed by atoms with van der Waals surface area (Å²) in [6, 6.07) is 0.780. The smallest absolute Gasteiger partial charge is 0.276 e. The van der Waals surface area contributed by atoms with Crippen molar-refractivity contribution >= 4 is 11.7 Å². The zero-order valence-electron chi connectivity index (χ0n) is 10.2. The minimum Gasteiger partial charge on any atom is -0.377 e. The van der Waals surface area contributed by atoms with E-state index in [9.17, 15) is 9.18 Å². The van der Waals surface area contributed by atoms with Gasteiger partial charge in [0.25, 0.3) is 5.91 Å². The van der Waals surface area contributed by atoms with E-state index in [1.54, 1.807) is 7.11 Å². The van der Waals surface area contributed by atoms with E-state index in [0.29, 0.717) is 13.2 Å². The number of hydrogen-bond acceptors (Lipinski definition) is 6. The predicted molar refractivity (Wildman–Crippen MR) is 62.5 cm³/mol. The molecule has 1 fully saturated rings. The average Bonchev–Trinajstić information content (AvgIpc) is 2.87. The quantitative estimate of drug-likeness (QED) is 0.534. The molecule has 1 aromatic rings. The molecule has 0 bridgehead atoms. The standard InChI is InChI=1S/C11H14FN3O4/c1-18-9-5-19-4-8(9)14-10-7(12)2-6(3-13-10)11(16)15-17/h2-3,8-9,17H,4-5H2,1H3,(H,13,14)(H,15,16)/t8-,9-/m0/s1. The summed E-state index contributed by atoms with van der Waals surface area (Å²) in [5, 5.41) is 11.3. The second-order valence-electron chi connectivity index (χ2n) is 4.06. The van der Waals surface area contributed by atoms with Crippen LogP contribution < -0.4 is 10.8 Å². The molecular weight excluding hydrogens is 257 g/mol. The Hall–Kier alpha value is -1.77. The van der Waals surface area contributed by atoms with Crippen molar-refractivity contribution < 1.29 is 23.9 Å². The summed E-state index contributed by atoms with van der Waals surface area (Å²) in [5.41, 5.74) is 1.34. The summed E-state index contributed by atoms with van der Waals surface area (Å²) < 4.78 is 24.2. The van der Waals surface area contributed by atoms with Gasteiger partial charge in [0.2, 0.25) is 0 Å². The number of methoxy groups -OCH3 is 1. The third-order valence-corrected chi connectivity index (χ3v) is 2.86. The fourth-order valence-corrected chi connectivity index (χ4v) is 1.81. The van der Waals surface area contributed by atoms with Crippen molar-refractivity contribution in [2.45, 2.75) is 12.1 Å². The number of nitrogens with zero attached hydrogens (tertiary/aromatic N) is 1. The fourth-order valence-electron chi connectivity index (χ4n) is 1.81. The maximum Gasteiger partial charge on any atom is 0.276 e. The Balaban J connectivity index is 2.11. The number of pyridine rings is 1. The summed E-state index contributed by atoms with van der Waals surface area (Å²) in [5.74, 6) is -1.51. The first-order chi connectivity index (χ1) is 9.15. The average molecular weight is 271 g/mol. The van der Waals surface area contributed by atoms with Crippen LogP contribution in [0.15, 0.2) is 12.3 Å². The van der Waals surface area contributed by atoms with Gasteiger partial charge in [-0.05, 0) is 6.07 Å². The van der Waals surface area contributed by atoms with Gasteiger partial charge in [0.05, 0.1) is 24.8 Å². The lowest BCUT2D eigenvalue weighted by molar-refractivity contribution is 0.0705. The van der Waals surface area contributed by atoms with Gasteiger partial charge >= 0.3 is 0 Å². The summed E-state index contributed by atoms with van der Waals surface area (Å²) >= 11 is 0. The van der Waals surface area contributed by atoms with Crippen LogP contribution in [0.4, 0.5) is 10.2 Å². The molecule has 2 heterocycles. The number of nitrogens with one attached hydrogen (secondary N) is 2. The van der Waals surface area contributed by atoms with Gasteiger partial charge < -0.3 is 14.8 Å². The van der Waals surface area contributed by atoms with E-state index in [-0.39, 0.29) is 23.5 Å². The number of hydrogen-bond donors (Lipinski definition) is 3. The van der Waals surface area contributed by atoms with E-state index in [2.05, 4.69) is 10.3 Å². The molecule has 1 amide bonds. The molecule has 0 radical (unpaired) electrons. The van der Waals surface area contributed by atoms with Gasteiger partial charge in [0.15, 0.2) is 11.6 Å². The molecule has 1 aromatic heterocycles. The number of amides is 1. The lowest BCUT2D eigenvalue weighted by atomic mass is 10.2. The van der Waals surface area contributed by atoms with E-state index in [1.807, 2.05) is 0 Å². The van der Waals surface area contributed by atoms with Crippen molar-refractivity contribution in [1.82, 2.24) is 10.5 Å². The molecule has 0 spiro atoms. The molecule has 8 heteroatoms. The van der Waals surface area contributed by atoms with Gasteiger partial charge in [-0.15, -0.1) is 0 Å². The van der Waals surface area contributed by atoms with Crippen LogP contribution in [0.2, 0.25) is 0 Å². The first kappa shape index (κ1) is 13.7. The lowest BCUT2D eigenvalue weighted by Gasteiger charge is -2.18. The minimum atomic E-state index is -0.822. The molecule has 0 unspecified atom stereocenters. The largest absolute Gasteiger partial charge is 0.377 e. The zero-order valence-corrected chi connectivity index (χ0v) is 10.2. The maximum absolute atomic E-state index is 13.8. The van der Waals surface area contributed by atoms with Gasteiger partial charge in [0.1, 0.15) is 6.10 Å². The second-order valence-corrected chi connectivity index (χ2v) is 4.06. The molecule has 0 saturated carbocycles. The van der Waals surface area contributed by atoms with Crippen molar-refractivity contribution in [3.8, 4) is 0 Å². The topological polar surface area (TPSA) is 92.7 Å². The Morgan fingerprint density at radius 3 is 3.05 bits per heavy atom. The van der Waals surface area contributed by atoms with Gasteiger partial charge in [-0.25, -0.2) is 14.9 Å². The van der Waals surface area contributed by atoms with Crippen LogP contribution in [-0.4, -0.2) is 48.6 Å². The highest BCUT2D eigenvalue weighted by Crippen LogP contribution is 2.18. The number of rotatable bonds is 4. The van der Waals surface area contributed by atoms with Crippen molar-refractivity contribution in [3.05, 3.63) is 23.6 Å². The fraction of sp³-hybridized carbons (Fsp3) is 0.455. The molecule has 19 heavy (non-hydrogen) atoms. The van der Waals surface area contributed by atoms with Crippen molar-refractivity contribution in [2.24, 2.45) is 0 Å².